The van der Waals surface area contributed by atoms with Gasteiger partial charge in [0.05, 0.1) is 12.2 Å². The second kappa shape index (κ2) is 7.34. The van der Waals surface area contributed by atoms with Crippen LogP contribution in [-0.2, 0) is 9.47 Å². The van der Waals surface area contributed by atoms with Gasteiger partial charge in [0.1, 0.15) is 6.10 Å². The van der Waals surface area contributed by atoms with Gasteiger partial charge in [0.15, 0.2) is 0 Å². The van der Waals surface area contributed by atoms with Crippen LogP contribution >= 0.6 is 0 Å². The Morgan fingerprint density at radius 1 is 1.29 bits per heavy atom. The van der Waals surface area contributed by atoms with Crippen LogP contribution in [0.1, 0.15) is 52.9 Å². The Labute approximate surface area is 105 Å². The van der Waals surface area contributed by atoms with E-state index in [0.717, 1.165) is 44.6 Å². The Morgan fingerprint density at radius 2 is 1.94 bits per heavy atom. The normalized spacial score (nSPS) is 31.4. The molecule has 102 valence electrons. The minimum absolute atomic E-state index is 0.352. The Kier molecular flexibility index (Phi) is 6.45. The zero-order valence-electron chi connectivity index (χ0n) is 11.6. The molecular weight excluding hydrogens is 216 g/mol. The Bertz CT molecular complexity index is 198. The quantitative estimate of drug-likeness (QED) is 0.700. The largest absolute Gasteiger partial charge is 0.388 e. The standard InChI is InChI=1S/C14H28O3/c1-4-10-16-11-13(15)14(17-5-2)8-6-12(3)7-9-14/h12-13,15H,4-11H2,1-3H3. The molecule has 0 aromatic carbocycles. The smallest absolute Gasteiger partial charge is 0.106 e. The molecule has 0 heterocycles. The second-order valence-corrected chi connectivity index (χ2v) is 5.27. The zero-order chi connectivity index (χ0) is 12.7. The summed E-state index contributed by atoms with van der Waals surface area (Å²) in [4.78, 5) is 0. The topological polar surface area (TPSA) is 38.7 Å². The predicted molar refractivity (Wildman–Crippen MR) is 69.1 cm³/mol. The van der Waals surface area contributed by atoms with Gasteiger partial charge in [-0.05, 0) is 44.9 Å². The molecule has 17 heavy (non-hydrogen) atoms. The Morgan fingerprint density at radius 3 is 2.47 bits per heavy atom. The van der Waals surface area contributed by atoms with Crippen LogP contribution in [0.5, 0.6) is 0 Å². The molecule has 1 saturated carbocycles. The van der Waals surface area contributed by atoms with Gasteiger partial charge in [0.2, 0.25) is 0 Å². The lowest BCUT2D eigenvalue weighted by molar-refractivity contribution is -0.161. The first kappa shape index (κ1) is 14.9. The third kappa shape index (κ3) is 4.23. The van der Waals surface area contributed by atoms with E-state index in [0.29, 0.717) is 13.2 Å². The van der Waals surface area contributed by atoms with Crippen molar-refractivity contribution >= 4 is 0 Å². The fourth-order valence-electron chi connectivity index (χ4n) is 2.60. The average Bonchev–Trinajstić information content (AvgIpc) is 2.33. The van der Waals surface area contributed by atoms with Crippen molar-refractivity contribution < 1.29 is 14.6 Å². The zero-order valence-corrected chi connectivity index (χ0v) is 11.6. The van der Waals surface area contributed by atoms with Crippen LogP contribution in [0.3, 0.4) is 0 Å². The molecule has 0 aromatic rings. The minimum Gasteiger partial charge on any atom is -0.388 e. The van der Waals surface area contributed by atoms with Gasteiger partial charge in [-0.1, -0.05) is 13.8 Å². The number of hydrogen-bond donors (Lipinski definition) is 1. The van der Waals surface area contributed by atoms with Crippen LogP contribution < -0.4 is 0 Å². The molecule has 3 heteroatoms. The lowest BCUT2D eigenvalue weighted by Gasteiger charge is -2.42. The second-order valence-electron chi connectivity index (χ2n) is 5.27. The third-order valence-corrected chi connectivity index (χ3v) is 3.78. The Hall–Kier alpha value is -0.120. The Balaban J connectivity index is 2.51. The van der Waals surface area contributed by atoms with Gasteiger partial charge >= 0.3 is 0 Å². The maximum absolute atomic E-state index is 10.3. The maximum atomic E-state index is 10.3. The third-order valence-electron chi connectivity index (χ3n) is 3.78. The van der Waals surface area contributed by atoms with E-state index in [1.807, 2.05) is 6.92 Å². The highest BCUT2D eigenvalue weighted by Crippen LogP contribution is 2.37. The molecule has 0 bridgehead atoms. The van der Waals surface area contributed by atoms with E-state index in [9.17, 15) is 5.11 Å². The van der Waals surface area contributed by atoms with E-state index >= 15 is 0 Å². The summed E-state index contributed by atoms with van der Waals surface area (Å²) in [7, 11) is 0. The van der Waals surface area contributed by atoms with E-state index in [-0.39, 0.29) is 5.60 Å². The average molecular weight is 244 g/mol. The molecule has 0 aromatic heterocycles. The van der Waals surface area contributed by atoms with Gasteiger partial charge in [-0.3, -0.25) is 0 Å². The van der Waals surface area contributed by atoms with Crippen LogP contribution in [0.4, 0.5) is 0 Å². The molecule has 1 atom stereocenters. The number of rotatable bonds is 7. The van der Waals surface area contributed by atoms with Gasteiger partial charge in [0, 0.05) is 13.2 Å². The molecule has 1 aliphatic carbocycles. The van der Waals surface area contributed by atoms with Crippen LogP contribution in [0, 0.1) is 5.92 Å². The van der Waals surface area contributed by atoms with Crippen molar-refractivity contribution in [2.45, 2.75) is 64.6 Å². The molecule has 1 fully saturated rings. The minimum atomic E-state index is -0.485. The first-order valence-electron chi connectivity index (χ1n) is 7.04. The summed E-state index contributed by atoms with van der Waals surface area (Å²) < 4.78 is 11.3. The molecule has 0 aliphatic heterocycles. The van der Waals surface area contributed by atoms with E-state index in [1.54, 1.807) is 0 Å². The molecule has 0 radical (unpaired) electrons. The summed E-state index contributed by atoms with van der Waals surface area (Å²) >= 11 is 0. The van der Waals surface area contributed by atoms with Crippen molar-refractivity contribution in [3.05, 3.63) is 0 Å². The van der Waals surface area contributed by atoms with Gasteiger partial charge in [-0.15, -0.1) is 0 Å². The fourth-order valence-corrected chi connectivity index (χ4v) is 2.60. The highest BCUT2D eigenvalue weighted by molar-refractivity contribution is 4.92. The summed E-state index contributed by atoms with van der Waals surface area (Å²) in [6, 6.07) is 0. The molecule has 0 amide bonds. The van der Waals surface area contributed by atoms with E-state index in [2.05, 4.69) is 13.8 Å². The molecule has 0 saturated heterocycles. The molecular formula is C14H28O3. The lowest BCUT2D eigenvalue weighted by Crippen LogP contribution is -2.49. The number of aliphatic hydroxyl groups excluding tert-OH is 1. The van der Waals surface area contributed by atoms with Gasteiger partial charge < -0.3 is 14.6 Å². The molecule has 1 aliphatic rings. The van der Waals surface area contributed by atoms with Crippen molar-refractivity contribution in [2.75, 3.05) is 19.8 Å². The number of ether oxygens (including phenoxy) is 2. The van der Waals surface area contributed by atoms with Crippen molar-refractivity contribution in [2.24, 2.45) is 5.92 Å². The monoisotopic (exact) mass is 244 g/mol. The van der Waals surface area contributed by atoms with E-state index in [4.69, 9.17) is 9.47 Å². The number of hydrogen-bond acceptors (Lipinski definition) is 3. The van der Waals surface area contributed by atoms with Gasteiger partial charge in [-0.25, -0.2) is 0 Å². The summed E-state index contributed by atoms with van der Waals surface area (Å²) in [5.41, 5.74) is -0.352. The maximum Gasteiger partial charge on any atom is 0.106 e. The van der Waals surface area contributed by atoms with Crippen LogP contribution in [-0.4, -0.2) is 36.6 Å². The summed E-state index contributed by atoms with van der Waals surface area (Å²) in [5.74, 6) is 0.757. The van der Waals surface area contributed by atoms with Gasteiger partial charge in [0.25, 0.3) is 0 Å². The van der Waals surface area contributed by atoms with E-state index < -0.39 is 6.10 Å². The number of aliphatic hydroxyl groups is 1. The first-order chi connectivity index (χ1) is 8.14. The lowest BCUT2D eigenvalue weighted by atomic mass is 9.76. The highest BCUT2D eigenvalue weighted by atomic mass is 16.5. The predicted octanol–water partition coefficient (Wildman–Crippen LogP) is 2.76. The van der Waals surface area contributed by atoms with Crippen molar-refractivity contribution in [1.29, 1.82) is 0 Å². The molecule has 1 N–H and O–H groups in total. The molecule has 1 rings (SSSR count). The van der Waals surface area contributed by atoms with Gasteiger partial charge in [-0.2, -0.15) is 0 Å². The molecule has 3 nitrogen and oxygen atoms in total. The van der Waals surface area contributed by atoms with Crippen molar-refractivity contribution in [3.8, 4) is 0 Å². The summed E-state index contributed by atoms with van der Waals surface area (Å²) in [5, 5.41) is 10.3. The fraction of sp³-hybridized carbons (Fsp3) is 1.00. The first-order valence-corrected chi connectivity index (χ1v) is 7.04. The van der Waals surface area contributed by atoms with Crippen molar-refractivity contribution in [3.63, 3.8) is 0 Å². The summed E-state index contributed by atoms with van der Waals surface area (Å²) in [6.45, 7) is 8.14. The van der Waals surface area contributed by atoms with Crippen LogP contribution in [0.2, 0.25) is 0 Å². The molecule has 0 spiro atoms. The van der Waals surface area contributed by atoms with Crippen LogP contribution in [0.25, 0.3) is 0 Å². The summed E-state index contributed by atoms with van der Waals surface area (Å²) in [6.07, 6.45) is 4.71. The highest BCUT2D eigenvalue weighted by Gasteiger charge is 2.41. The van der Waals surface area contributed by atoms with Crippen LogP contribution in [0.15, 0.2) is 0 Å². The van der Waals surface area contributed by atoms with Crippen molar-refractivity contribution in [1.82, 2.24) is 0 Å². The van der Waals surface area contributed by atoms with E-state index in [1.165, 1.54) is 0 Å². The SMILES string of the molecule is CCCOCC(O)C1(OCC)CCC(C)CC1. The molecule has 1 unspecified atom stereocenters.